The first-order valence-electron chi connectivity index (χ1n) is 9.79. The number of guanidine groups is 1. The summed E-state index contributed by atoms with van der Waals surface area (Å²) in [7, 11) is 1.81. The Hall–Kier alpha value is -2.45. The summed E-state index contributed by atoms with van der Waals surface area (Å²) in [6, 6.07) is 10.3. The van der Waals surface area contributed by atoms with Gasteiger partial charge in [-0.2, -0.15) is 0 Å². The molecule has 1 unspecified atom stereocenters. The lowest BCUT2D eigenvalue weighted by molar-refractivity contribution is 0.169. The Bertz CT molecular complexity index is 902. The van der Waals surface area contributed by atoms with Crippen LogP contribution in [0, 0.1) is 5.92 Å². The smallest absolute Gasteiger partial charge is 0.191 e. The molecule has 3 aromatic rings. The summed E-state index contributed by atoms with van der Waals surface area (Å²) in [4.78, 5) is 8.38. The molecule has 7 nitrogen and oxygen atoms in total. The van der Waals surface area contributed by atoms with Crippen LogP contribution < -0.4 is 10.6 Å². The molecule has 0 aliphatic carbocycles. The molecule has 1 aliphatic rings. The van der Waals surface area contributed by atoms with E-state index in [-0.39, 0.29) is 0 Å². The molecule has 1 fully saturated rings. The fourth-order valence-corrected chi connectivity index (χ4v) is 4.47. The second-order valence-corrected chi connectivity index (χ2v) is 8.21. The van der Waals surface area contributed by atoms with Gasteiger partial charge in [0.2, 0.25) is 0 Å². The second kappa shape index (κ2) is 9.16. The number of pyridine rings is 1. The Balaban J connectivity index is 1.26. The lowest BCUT2D eigenvalue weighted by Crippen LogP contribution is -2.44. The standard InChI is InChI=1S/C20H27N7S/c1-21-20(23-13-19-25-24-18-8-2-3-10-27(18)19)22-12-16-6-4-9-26(14-16)15-17-7-5-11-28-17/h2-3,5,7-8,10-11,16H,4,6,9,12-15H2,1H3,(H2,21,22,23). The van der Waals surface area contributed by atoms with Gasteiger partial charge in [-0.15, -0.1) is 21.5 Å². The Kier molecular flexibility index (Phi) is 6.18. The number of nitrogens with zero attached hydrogens (tertiary/aromatic N) is 5. The molecule has 2 N–H and O–H groups in total. The van der Waals surface area contributed by atoms with Crippen molar-refractivity contribution >= 4 is 22.9 Å². The maximum absolute atomic E-state index is 4.36. The molecule has 4 rings (SSSR count). The van der Waals surface area contributed by atoms with Crippen molar-refractivity contribution in [2.24, 2.45) is 10.9 Å². The molecule has 0 spiro atoms. The van der Waals surface area contributed by atoms with E-state index in [1.165, 1.54) is 24.3 Å². The zero-order valence-electron chi connectivity index (χ0n) is 16.2. The fourth-order valence-electron chi connectivity index (χ4n) is 3.72. The van der Waals surface area contributed by atoms with Crippen LogP contribution in [0.2, 0.25) is 0 Å². The molecule has 1 saturated heterocycles. The zero-order chi connectivity index (χ0) is 19.2. The normalized spacial score (nSPS) is 18.5. The maximum atomic E-state index is 4.36. The van der Waals surface area contributed by atoms with E-state index >= 15 is 0 Å². The summed E-state index contributed by atoms with van der Waals surface area (Å²) in [5.41, 5.74) is 0.857. The van der Waals surface area contributed by atoms with Gasteiger partial charge in [-0.3, -0.25) is 14.3 Å². The minimum Gasteiger partial charge on any atom is -0.356 e. The molecular formula is C20H27N7S. The number of thiophene rings is 1. The Morgan fingerprint density at radius 1 is 1.25 bits per heavy atom. The van der Waals surface area contributed by atoms with Crippen LogP contribution in [0.3, 0.4) is 0 Å². The predicted octanol–water partition coefficient (Wildman–Crippen LogP) is 2.37. The average Bonchev–Trinajstić information content (AvgIpc) is 3.38. The molecule has 0 radical (unpaired) electrons. The SMILES string of the molecule is CN=C(NCc1nnc2ccccn12)NCC1CCCN(Cc2cccs2)C1. The van der Waals surface area contributed by atoms with Crippen molar-refractivity contribution in [3.8, 4) is 0 Å². The minimum atomic E-state index is 0.583. The third kappa shape index (κ3) is 4.69. The highest BCUT2D eigenvalue weighted by Crippen LogP contribution is 2.19. The van der Waals surface area contributed by atoms with Gasteiger partial charge in [0.05, 0.1) is 6.54 Å². The number of fused-ring (bicyclic) bond motifs is 1. The predicted molar refractivity (Wildman–Crippen MR) is 114 cm³/mol. The number of nitrogens with one attached hydrogen (secondary N) is 2. The molecule has 0 saturated carbocycles. The molecule has 28 heavy (non-hydrogen) atoms. The minimum absolute atomic E-state index is 0.583. The van der Waals surface area contributed by atoms with E-state index in [2.05, 4.69) is 48.2 Å². The monoisotopic (exact) mass is 397 g/mol. The van der Waals surface area contributed by atoms with Gasteiger partial charge < -0.3 is 10.6 Å². The fraction of sp³-hybridized carbons (Fsp3) is 0.450. The topological polar surface area (TPSA) is 69.8 Å². The van der Waals surface area contributed by atoms with Crippen molar-refractivity contribution in [2.75, 3.05) is 26.7 Å². The van der Waals surface area contributed by atoms with E-state index in [0.717, 1.165) is 37.1 Å². The molecule has 0 amide bonds. The number of hydrogen-bond donors (Lipinski definition) is 2. The molecular weight excluding hydrogens is 370 g/mol. The molecule has 4 heterocycles. The van der Waals surface area contributed by atoms with E-state index in [1.807, 2.05) is 40.1 Å². The van der Waals surface area contributed by atoms with Gasteiger partial charge in [0, 0.05) is 37.8 Å². The number of likely N-dealkylation sites (tertiary alicyclic amines) is 1. The first-order chi connectivity index (χ1) is 13.8. The van der Waals surface area contributed by atoms with Gasteiger partial charge in [0.25, 0.3) is 0 Å². The second-order valence-electron chi connectivity index (χ2n) is 7.17. The number of piperidine rings is 1. The summed E-state index contributed by atoms with van der Waals surface area (Å²) in [6.45, 7) is 4.92. The summed E-state index contributed by atoms with van der Waals surface area (Å²) < 4.78 is 1.99. The van der Waals surface area contributed by atoms with Crippen molar-refractivity contribution in [1.29, 1.82) is 0 Å². The molecule has 0 aromatic carbocycles. The maximum Gasteiger partial charge on any atom is 0.191 e. The highest BCUT2D eigenvalue weighted by Gasteiger charge is 2.20. The third-order valence-electron chi connectivity index (χ3n) is 5.14. The van der Waals surface area contributed by atoms with E-state index in [1.54, 1.807) is 7.05 Å². The lowest BCUT2D eigenvalue weighted by atomic mass is 9.98. The quantitative estimate of drug-likeness (QED) is 0.494. The van der Waals surface area contributed by atoms with Gasteiger partial charge in [-0.05, 0) is 48.9 Å². The van der Waals surface area contributed by atoms with Crippen molar-refractivity contribution in [1.82, 2.24) is 30.1 Å². The van der Waals surface area contributed by atoms with Crippen LogP contribution >= 0.6 is 11.3 Å². The average molecular weight is 398 g/mol. The number of aliphatic imine (C=N–C) groups is 1. The van der Waals surface area contributed by atoms with Gasteiger partial charge in [-0.25, -0.2) is 0 Å². The molecule has 8 heteroatoms. The lowest BCUT2D eigenvalue weighted by Gasteiger charge is -2.32. The first-order valence-corrected chi connectivity index (χ1v) is 10.7. The highest BCUT2D eigenvalue weighted by molar-refractivity contribution is 7.09. The summed E-state index contributed by atoms with van der Waals surface area (Å²) in [5, 5.41) is 17.4. The van der Waals surface area contributed by atoms with Gasteiger partial charge in [0.15, 0.2) is 17.4 Å². The van der Waals surface area contributed by atoms with Crippen LogP contribution in [-0.4, -0.2) is 52.1 Å². The van der Waals surface area contributed by atoms with Crippen LogP contribution in [0.4, 0.5) is 0 Å². The molecule has 1 atom stereocenters. The van der Waals surface area contributed by atoms with E-state index < -0.39 is 0 Å². The highest BCUT2D eigenvalue weighted by atomic mass is 32.1. The number of rotatable bonds is 6. The Morgan fingerprint density at radius 3 is 3.07 bits per heavy atom. The van der Waals surface area contributed by atoms with Crippen molar-refractivity contribution in [3.05, 3.63) is 52.6 Å². The number of aromatic nitrogens is 3. The van der Waals surface area contributed by atoms with E-state index in [4.69, 9.17) is 0 Å². The molecule has 3 aromatic heterocycles. The van der Waals surface area contributed by atoms with Crippen molar-refractivity contribution < 1.29 is 0 Å². The summed E-state index contributed by atoms with van der Waals surface area (Å²) >= 11 is 1.85. The van der Waals surface area contributed by atoms with Gasteiger partial charge >= 0.3 is 0 Å². The van der Waals surface area contributed by atoms with Crippen LogP contribution in [0.15, 0.2) is 46.9 Å². The molecule has 148 valence electrons. The Morgan fingerprint density at radius 2 is 2.21 bits per heavy atom. The Labute approximate surface area is 169 Å². The van der Waals surface area contributed by atoms with Crippen molar-refractivity contribution in [3.63, 3.8) is 0 Å². The summed E-state index contributed by atoms with van der Waals surface area (Å²) in [6.07, 6.45) is 4.50. The first kappa shape index (κ1) is 18.9. The van der Waals surface area contributed by atoms with Gasteiger partial charge in [-0.1, -0.05) is 12.1 Å². The van der Waals surface area contributed by atoms with Crippen LogP contribution in [0.1, 0.15) is 23.5 Å². The van der Waals surface area contributed by atoms with Crippen LogP contribution in [-0.2, 0) is 13.1 Å². The zero-order valence-corrected chi connectivity index (χ0v) is 17.0. The van der Waals surface area contributed by atoms with Gasteiger partial charge in [0.1, 0.15) is 0 Å². The van der Waals surface area contributed by atoms with Crippen LogP contribution in [0.25, 0.3) is 5.65 Å². The summed E-state index contributed by atoms with van der Waals surface area (Å²) in [5.74, 6) is 2.32. The third-order valence-corrected chi connectivity index (χ3v) is 6.00. The van der Waals surface area contributed by atoms with Crippen LogP contribution in [0.5, 0.6) is 0 Å². The molecule has 1 aliphatic heterocycles. The largest absolute Gasteiger partial charge is 0.356 e. The number of hydrogen-bond acceptors (Lipinski definition) is 5. The van der Waals surface area contributed by atoms with E-state index in [0.29, 0.717) is 12.5 Å². The molecule has 0 bridgehead atoms. The van der Waals surface area contributed by atoms with E-state index in [9.17, 15) is 0 Å². The van der Waals surface area contributed by atoms with Crippen molar-refractivity contribution in [2.45, 2.75) is 25.9 Å².